The molecule has 1 saturated carbocycles. The summed E-state index contributed by atoms with van der Waals surface area (Å²) in [5, 5.41) is 12.5. The van der Waals surface area contributed by atoms with Crippen LogP contribution in [0.2, 0.25) is 0 Å². The summed E-state index contributed by atoms with van der Waals surface area (Å²) in [5.41, 5.74) is 2.81. The van der Waals surface area contributed by atoms with Crippen LogP contribution in [0.15, 0.2) is 24.3 Å². The molecule has 2 aliphatic heterocycles. The van der Waals surface area contributed by atoms with Gasteiger partial charge in [0.2, 0.25) is 5.91 Å². The van der Waals surface area contributed by atoms with Crippen molar-refractivity contribution in [2.45, 2.75) is 57.5 Å². The highest BCUT2D eigenvalue weighted by Crippen LogP contribution is 2.52. The Morgan fingerprint density at radius 3 is 2.54 bits per heavy atom. The summed E-state index contributed by atoms with van der Waals surface area (Å²) >= 11 is 0. The van der Waals surface area contributed by atoms with Gasteiger partial charge in [0.05, 0.1) is 12.6 Å². The number of hydrogen-bond donors (Lipinski definition) is 2. The number of piperazine rings is 1. The number of hydrogen-bond acceptors (Lipinski definition) is 3. The fourth-order valence-electron chi connectivity index (χ4n) is 5.45. The number of rotatable bonds is 3. The van der Waals surface area contributed by atoms with Gasteiger partial charge in [-0.25, -0.2) is 4.79 Å². The molecule has 6 nitrogen and oxygen atoms in total. The third kappa shape index (κ3) is 3.39. The van der Waals surface area contributed by atoms with Crippen LogP contribution in [0.3, 0.4) is 0 Å². The molecular formula is C22H31N3O3. The molecule has 1 aromatic carbocycles. The van der Waals surface area contributed by atoms with E-state index in [2.05, 4.69) is 48.3 Å². The zero-order valence-corrected chi connectivity index (χ0v) is 16.9. The third-order valence-corrected chi connectivity index (χ3v) is 7.04. The van der Waals surface area contributed by atoms with E-state index in [1.54, 1.807) is 0 Å². The lowest BCUT2D eigenvalue weighted by atomic mass is 9.59. The lowest BCUT2D eigenvalue weighted by Crippen LogP contribution is -2.61. The number of benzene rings is 1. The van der Waals surface area contributed by atoms with E-state index in [9.17, 15) is 14.7 Å². The van der Waals surface area contributed by atoms with Crippen molar-refractivity contribution >= 4 is 12.0 Å². The molecule has 0 aromatic heterocycles. The minimum atomic E-state index is -0.812. The Labute approximate surface area is 166 Å². The van der Waals surface area contributed by atoms with Crippen molar-refractivity contribution in [3.8, 4) is 0 Å². The summed E-state index contributed by atoms with van der Waals surface area (Å²) in [7, 11) is 0. The molecule has 152 valence electrons. The first kappa shape index (κ1) is 19.2. The number of nitrogens with zero attached hydrogens (tertiary/aromatic N) is 2. The summed E-state index contributed by atoms with van der Waals surface area (Å²) in [5.74, 6) is 0.612. The van der Waals surface area contributed by atoms with Gasteiger partial charge >= 0.3 is 6.09 Å². The van der Waals surface area contributed by atoms with E-state index in [0.717, 1.165) is 32.2 Å². The third-order valence-electron chi connectivity index (χ3n) is 7.04. The predicted octanol–water partition coefficient (Wildman–Crippen LogP) is 3.21. The predicted molar refractivity (Wildman–Crippen MR) is 107 cm³/mol. The van der Waals surface area contributed by atoms with Gasteiger partial charge < -0.3 is 20.2 Å². The number of nitrogens with one attached hydrogen (secondary N) is 1. The first-order valence-corrected chi connectivity index (χ1v) is 10.5. The van der Waals surface area contributed by atoms with E-state index in [1.807, 2.05) is 0 Å². The standard InChI is InChI=1S/C22H31N3O3/c1-15(2)17-5-3-4-6-18(17)19-13-23-14-20(26)25(19)16-11-22(12-16)7-9-24(10-8-22)21(27)28/h3-6,15-16,19,23H,7-14H2,1-2H3,(H,27,28). The van der Waals surface area contributed by atoms with Crippen LogP contribution in [-0.2, 0) is 4.79 Å². The van der Waals surface area contributed by atoms with Crippen molar-refractivity contribution in [1.29, 1.82) is 0 Å². The second kappa shape index (κ2) is 7.39. The molecular weight excluding hydrogens is 354 g/mol. The number of likely N-dealkylation sites (tertiary alicyclic amines) is 1. The fourth-order valence-corrected chi connectivity index (χ4v) is 5.45. The maximum atomic E-state index is 12.9. The van der Waals surface area contributed by atoms with E-state index in [0.29, 0.717) is 25.6 Å². The van der Waals surface area contributed by atoms with Gasteiger partial charge in [0, 0.05) is 25.7 Å². The Balaban J connectivity index is 1.51. The number of carbonyl (C=O) groups is 2. The molecule has 4 rings (SSSR count). The Hall–Kier alpha value is -2.08. The minimum Gasteiger partial charge on any atom is -0.465 e. The number of carbonyl (C=O) groups excluding carboxylic acids is 1. The van der Waals surface area contributed by atoms with Crippen LogP contribution >= 0.6 is 0 Å². The van der Waals surface area contributed by atoms with Crippen LogP contribution in [0.5, 0.6) is 0 Å². The quantitative estimate of drug-likeness (QED) is 0.838. The monoisotopic (exact) mass is 385 g/mol. The van der Waals surface area contributed by atoms with E-state index in [4.69, 9.17) is 0 Å². The highest BCUT2D eigenvalue weighted by atomic mass is 16.4. The number of amides is 2. The summed E-state index contributed by atoms with van der Waals surface area (Å²) < 4.78 is 0. The van der Waals surface area contributed by atoms with Crippen molar-refractivity contribution < 1.29 is 14.7 Å². The average Bonchev–Trinajstić information content (AvgIpc) is 2.66. The van der Waals surface area contributed by atoms with Crippen molar-refractivity contribution in [3.63, 3.8) is 0 Å². The molecule has 1 spiro atoms. The first-order chi connectivity index (χ1) is 13.4. The van der Waals surface area contributed by atoms with Gasteiger partial charge in [-0.1, -0.05) is 38.1 Å². The molecule has 2 heterocycles. The van der Waals surface area contributed by atoms with Gasteiger partial charge in [0.25, 0.3) is 0 Å². The average molecular weight is 386 g/mol. The zero-order chi connectivity index (χ0) is 19.9. The summed E-state index contributed by atoms with van der Waals surface area (Å²) in [6.07, 6.45) is 3.04. The van der Waals surface area contributed by atoms with Crippen LogP contribution in [-0.4, -0.2) is 59.1 Å². The molecule has 1 aromatic rings. The molecule has 3 aliphatic rings. The highest BCUT2D eigenvalue weighted by molar-refractivity contribution is 5.80. The molecule has 2 saturated heterocycles. The van der Waals surface area contributed by atoms with E-state index >= 15 is 0 Å². The van der Waals surface area contributed by atoms with E-state index in [1.165, 1.54) is 16.0 Å². The molecule has 1 aliphatic carbocycles. The van der Waals surface area contributed by atoms with Gasteiger partial charge in [-0.05, 0) is 48.1 Å². The molecule has 0 bridgehead atoms. The van der Waals surface area contributed by atoms with Crippen LogP contribution in [0, 0.1) is 5.41 Å². The van der Waals surface area contributed by atoms with Gasteiger partial charge in [-0.2, -0.15) is 0 Å². The van der Waals surface area contributed by atoms with Gasteiger partial charge in [0.1, 0.15) is 0 Å². The highest BCUT2D eigenvalue weighted by Gasteiger charge is 2.51. The molecule has 28 heavy (non-hydrogen) atoms. The van der Waals surface area contributed by atoms with E-state index in [-0.39, 0.29) is 23.4 Å². The number of carboxylic acid groups (broad SMARTS) is 1. The first-order valence-electron chi connectivity index (χ1n) is 10.5. The molecule has 1 atom stereocenters. The largest absolute Gasteiger partial charge is 0.465 e. The van der Waals surface area contributed by atoms with Gasteiger partial charge in [0.15, 0.2) is 0 Å². The molecule has 2 N–H and O–H groups in total. The SMILES string of the molecule is CC(C)c1ccccc1C1CNCC(=O)N1C1CC2(CCN(C(=O)O)CC2)C1. The molecule has 6 heteroatoms. The minimum absolute atomic E-state index is 0.0845. The Morgan fingerprint density at radius 2 is 1.89 bits per heavy atom. The van der Waals surface area contributed by atoms with Crippen molar-refractivity contribution in [2.75, 3.05) is 26.2 Å². The van der Waals surface area contributed by atoms with Crippen LogP contribution < -0.4 is 5.32 Å². The number of piperidine rings is 1. The van der Waals surface area contributed by atoms with Crippen molar-refractivity contribution in [2.24, 2.45) is 5.41 Å². The zero-order valence-electron chi connectivity index (χ0n) is 16.9. The van der Waals surface area contributed by atoms with Crippen LogP contribution in [0.25, 0.3) is 0 Å². The molecule has 1 unspecified atom stereocenters. The van der Waals surface area contributed by atoms with Crippen LogP contribution in [0.1, 0.15) is 62.6 Å². The second-order valence-corrected chi connectivity index (χ2v) is 9.06. The topological polar surface area (TPSA) is 72.9 Å². The maximum absolute atomic E-state index is 12.9. The normalized spacial score (nSPS) is 25.2. The molecule has 3 fully saturated rings. The van der Waals surface area contributed by atoms with Gasteiger partial charge in [-0.15, -0.1) is 0 Å². The molecule has 0 radical (unpaired) electrons. The maximum Gasteiger partial charge on any atom is 0.407 e. The Kier molecular flexibility index (Phi) is 5.08. The summed E-state index contributed by atoms with van der Waals surface area (Å²) in [6, 6.07) is 8.87. The second-order valence-electron chi connectivity index (χ2n) is 9.06. The Morgan fingerprint density at radius 1 is 1.21 bits per heavy atom. The van der Waals surface area contributed by atoms with E-state index < -0.39 is 6.09 Å². The summed E-state index contributed by atoms with van der Waals surface area (Å²) in [4.78, 5) is 27.7. The van der Waals surface area contributed by atoms with Crippen molar-refractivity contribution in [3.05, 3.63) is 35.4 Å². The van der Waals surface area contributed by atoms with Crippen LogP contribution in [0.4, 0.5) is 4.79 Å². The smallest absolute Gasteiger partial charge is 0.407 e. The lowest BCUT2D eigenvalue weighted by molar-refractivity contribution is -0.147. The lowest BCUT2D eigenvalue weighted by Gasteiger charge is -2.57. The summed E-state index contributed by atoms with van der Waals surface area (Å²) in [6.45, 7) is 6.86. The van der Waals surface area contributed by atoms with Gasteiger partial charge in [-0.3, -0.25) is 4.79 Å². The fraction of sp³-hybridized carbons (Fsp3) is 0.636. The Bertz CT molecular complexity index is 747. The molecule has 2 amide bonds. The van der Waals surface area contributed by atoms with Crippen molar-refractivity contribution in [1.82, 2.24) is 15.1 Å².